The summed E-state index contributed by atoms with van der Waals surface area (Å²) < 4.78 is 18.7. The zero-order valence-electron chi connectivity index (χ0n) is 26.9. The molecule has 2 unspecified atom stereocenters. The van der Waals surface area contributed by atoms with Crippen molar-refractivity contribution in [3.05, 3.63) is 28.8 Å². The Labute approximate surface area is 267 Å². The van der Waals surface area contributed by atoms with Crippen LogP contribution in [0.3, 0.4) is 0 Å². The van der Waals surface area contributed by atoms with Crippen LogP contribution < -0.4 is 10.1 Å². The Bertz CT molecular complexity index is 1300. The molecule has 0 aromatic heterocycles. The molecule has 1 N–H and O–H groups in total. The highest BCUT2D eigenvalue weighted by atomic mass is 16.5. The molecule has 2 heterocycles. The van der Waals surface area contributed by atoms with Crippen LogP contribution in [0.15, 0.2) is 12.1 Å². The summed E-state index contributed by atoms with van der Waals surface area (Å²) in [5, 5.41) is 2.42. The number of fused-ring (bicyclic) bond motifs is 1. The maximum atomic E-state index is 13.8. The molecule has 6 rings (SSSR count). The van der Waals surface area contributed by atoms with E-state index >= 15 is 0 Å². The van der Waals surface area contributed by atoms with Crippen molar-refractivity contribution in [1.82, 2.24) is 15.1 Å². The number of imide groups is 1. The van der Waals surface area contributed by atoms with Gasteiger partial charge in [-0.2, -0.15) is 0 Å². The van der Waals surface area contributed by atoms with Gasteiger partial charge >= 0.3 is 0 Å². The van der Waals surface area contributed by atoms with Gasteiger partial charge in [0.25, 0.3) is 5.91 Å². The number of benzene rings is 1. The Morgan fingerprint density at radius 3 is 2.36 bits per heavy atom. The highest BCUT2D eigenvalue weighted by Gasteiger charge is 2.43. The van der Waals surface area contributed by atoms with E-state index in [1.807, 2.05) is 12.1 Å². The number of nitrogens with one attached hydrogen (secondary N) is 1. The lowest BCUT2D eigenvalue weighted by Crippen LogP contribution is -2.52. The predicted molar refractivity (Wildman–Crippen MR) is 169 cm³/mol. The highest BCUT2D eigenvalue weighted by molar-refractivity contribution is 6.05. The van der Waals surface area contributed by atoms with Crippen LogP contribution in [0.5, 0.6) is 5.75 Å². The first-order valence-corrected chi connectivity index (χ1v) is 17.2. The Morgan fingerprint density at radius 1 is 0.911 bits per heavy atom. The van der Waals surface area contributed by atoms with Crippen molar-refractivity contribution in [3.8, 4) is 18.2 Å². The lowest BCUT2D eigenvalue weighted by atomic mass is 9.78. The zero-order valence-corrected chi connectivity index (χ0v) is 26.9. The second kappa shape index (κ2) is 14.1. The van der Waals surface area contributed by atoms with Gasteiger partial charge in [0.1, 0.15) is 17.9 Å². The van der Waals surface area contributed by atoms with Gasteiger partial charge in [-0.1, -0.05) is 25.7 Å². The minimum Gasteiger partial charge on any atom is -0.488 e. The molecule has 0 bridgehead atoms. The number of hydrogen-bond donors (Lipinski definition) is 1. The summed E-state index contributed by atoms with van der Waals surface area (Å²) >= 11 is 0. The van der Waals surface area contributed by atoms with Crippen molar-refractivity contribution in [1.29, 1.82) is 0 Å². The molecule has 4 fully saturated rings. The van der Waals surface area contributed by atoms with Crippen LogP contribution in [0.1, 0.15) is 117 Å². The van der Waals surface area contributed by atoms with Gasteiger partial charge in [-0.25, -0.2) is 0 Å². The summed E-state index contributed by atoms with van der Waals surface area (Å²) in [4.78, 5) is 42.3. The molecule has 2 aliphatic heterocycles. The van der Waals surface area contributed by atoms with Gasteiger partial charge in [-0.05, 0) is 87.8 Å². The second-order valence-corrected chi connectivity index (χ2v) is 13.7. The van der Waals surface area contributed by atoms with Crippen molar-refractivity contribution < 1.29 is 28.6 Å². The third kappa shape index (κ3) is 6.59. The van der Waals surface area contributed by atoms with E-state index in [1.54, 1.807) is 19.1 Å². The van der Waals surface area contributed by atoms with Gasteiger partial charge in [-0.15, -0.1) is 0 Å². The van der Waals surface area contributed by atoms with Gasteiger partial charge in [0.15, 0.2) is 0 Å². The number of ether oxygens (including phenoxy) is 3. The SMILES string of the molecule is C#CN(C[C@H]1CC[C@H](OC)CC1)[C@@H]1CCCC[C@@H]1Oc1ccc2c(c1C1CCCC[C@@H]1OC)CN(C1CCC(=O)NC1=O)C2=O. The average Bonchev–Trinajstić information content (AvgIpc) is 3.39. The molecule has 1 saturated heterocycles. The van der Waals surface area contributed by atoms with Gasteiger partial charge in [0.2, 0.25) is 11.8 Å². The Hall–Kier alpha value is -3.09. The molecule has 244 valence electrons. The number of piperidine rings is 1. The summed E-state index contributed by atoms with van der Waals surface area (Å²) in [6.45, 7) is 1.20. The van der Waals surface area contributed by atoms with Crippen molar-refractivity contribution in [2.24, 2.45) is 5.92 Å². The van der Waals surface area contributed by atoms with E-state index in [4.69, 9.17) is 20.6 Å². The molecule has 1 aromatic carbocycles. The Morgan fingerprint density at radius 2 is 1.64 bits per heavy atom. The second-order valence-electron chi connectivity index (χ2n) is 13.7. The normalized spacial score (nSPS) is 32.1. The topological polar surface area (TPSA) is 97.4 Å². The molecule has 9 nitrogen and oxygen atoms in total. The van der Waals surface area contributed by atoms with Crippen molar-refractivity contribution in [2.75, 3.05) is 20.8 Å². The number of methoxy groups -OCH3 is 2. The fraction of sp³-hybridized carbons (Fsp3) is 0.694. The van der Waals surface area contributed by atoms with E-state index in [1.165, 1.54) is 0 Å². The largest absolute Gasteiger partial charge is 0.488 e. The summed E-state index contributed by atoms with van der Waals surface area (Å²) in [6, 6.07) is 6.35. The van der Waals surface area contributed by atoms with Crippen molar-refractivity contribution >= 4 is 17.7 Å². The number of amides is 3. The van der Waals surface area contributed by atoms with Gasteiger partial charge in [0, 0.05) is 56.8 Å². The van der Waals surface area contributed by atoms with Gasteiger partial charge < -0.3 is 24.0 Å². The Balaban J connectivity index is 1.29. The van der Waals surface area contributed by atoms with Crippen LogP contribution in [-0.2, 0) is 25.6 Å². The van der Waals surface area contributed by atoms with Gasteiger partial charge in [0.05, 0.1) is 18.2 Å². The fourth-order valence-electron chi connectivity index (χ4n) is 8.71. The first kappa shape index (κ1) is 31.9. The first-order valence-electron chi connectivity index (χ1n) is 17.2. The third-order valence-electron chi connectivity index (χ3n) is 11.2. The lowest BCUT2D eigenvalue weighted by molar-refractivity contribution is -0.136. The lowest BCUT2D eigenvalue weighted by Gasteiger charge is -2.41. The molecule has 3 amide bonds. The van der Waals surface area contributed by atoms with E-state index in [0.717, 1.165) is 100 Å². The quantitative estimate of drug-likeness (QED) is 0.238. The van der Waals surface area contributed by atoms with E-state index in [0.29, 0.717) is 30.6 Å². The number of terminal acetylenes is 1. The van der Waals surface area contributed by atoms with Crippen LogP contribution in [0.25, 0.3) is 0 Å². The number of rotatable bonds is 9. The maximum absolute atomic E-state index is 13.8. The van der Waals surface area contributed by atoms with Crippen LogP contribution >= 0.6 is 0 Å². The van der Waals surface area contributed by atoms with Crippen LogP contribution in [-0.4, -0.2) is 78.7 Å². The van der Waals surface area contributed by atoms with Crippen LogP contribution in [0, 0.1) is 18.4 Å². The summed E-state index contributed by atoms with van der Waals surface area (Å²) in [5.74, 6) is 0.620. The molecule has 3 saturated carbocycles. The molecule has 0 radical (unpaired) electrons. The molecule has 0 spiro atoms. The van der Waals surface area contributed by atoms with E-state index in [9.17, 15) is 14.4 Å². The third-order valence-corrected chi connectivity index (χ3v) is 11.2. The average molecular weight is 620 g/mol. The number of hydrogen-bond acceptors (Lipinski definition) is 7. The fourth-order valence-corrected chi connectivity index (χ4v) is 8.71. The minimum atomic E-state index is -0.657. The summed E-state index contributed by atoms with van der Waals surface area (Å²) in [7, 11) is 3.58. The predicted octanol–water partition coefficient (Wildman–Crippen LogP) is 4.91. The molecule has 9 heteroatoms. The van der Waals surface area contributed by atoms with Crippen LogP contribution in [0.2, 0.25) is 0 Å². The van der Waals surface area contributed by atoms with Crippen molar-refractivity contribution in [3.63, 3.8) is 0 Å². The molecule has 45 heavy (non-hydrogen) atoms. The van der Waals surface area contributed by atoms with E-state index in [-0.39, 0.29) is 42.4 Å². The van der Waals surface area contributed by atoms with Crippen LogP contribution in [0.4, 0.5) is 0 Å². The molecular formula is C36H49N3O6. The Kier molecular flexibility index (Phi) is 10.0. The highest BCUT2D eigenvalue weighted by Crippen LogP contribution is 2.46. The zero-order chi connectivity index (χ0) is 31.5. The molecule has 1 aromatic rings. The van der Waals surface area contributed by atoms with Gasteiger partial charge in [-0.3, -0.25) is 19.7 Å². The molecule has 5 aliphatic rings. The summed E-state index contributed by atoms with van der Waals surface area (Å²) in [5.41, 5.74) is 2.61. The summed E-state index contributed by atoms with van der Waals surface area (Å²) in [6.07, 6.45) is 19.7. The maximum Gasteiger partial charge on any atom is 0.255 e. The first-order chi connectivity index (χ1) is 21.9. The smallest absolute Gasteiger partial charge is 0.255 e. The van der Waals surface area contributed by atoms with E-state index < -0.39 is 11.9 Å². The number of nitrogens with zero attached hydrogens (tertiary/aromatic N) is 2. The van der Waals surface area contributed by atoms with Crippen molar-refractivity contribution in [2.45, 2.75) is 133 Å². The number of carbonyl (C=O) groups is 3. The monoisotopic (exact) mass is 619 g/mol. The molecular weight excluding hydrogens is 570 g/mol. The minimum absolute atomic E-state index is 0.0268. The molecule has 5 atom stereocenters. The van der Waals surface area contributed by atoms with E-state index in [2.05, 4.69) is 16.3 Å². The molecule has 3 aliphatic carbocycles. The standard InChI is InChI=1S/C36H49N3O6/c1-4-38(21-23-13-15-24(43-2)16-14-23)28-10-6-8-12-31(28)45-32-19-17-25-27(34(32)26-9-5-7-11-30(26)44-3)22-39(36(25)42)29-18-20-33(40)37-35(29)41/h1,17,19,23-24,26,28-31H,5-16,18,20-22H2,2-3H3,(H,37,40,41)/t23-,24-,26?,28-,29?,30+,31+/m1/s1. The number of carbonyl (C=O) groups excluding carboxylic acids is 3.